The van der Waals surface area contributed by atoms with Crippen LogP contribution < -0.4 is 16.0 Å². The maximum atomic E-state index is 13.6. The number of carbonyl (C=O) groups excluding carboxylic acids is 2. The molecule has 0 radical (unpaired) electrons. The lowest BCUT2D eigenvalue weighted by Gasteiger charge is -2.73. The van der Waals surface area contributed by atoms with Gasteiger partial charge in [-0.15, -0.1) is 0 Å². The number of hydrogen-bond acceptors (Lipinski definition) is 5. The number of piperidine rings is 1. The summed E-state index contributed by atoms with van der Waals surface area (Å²) in [6, 6.07) is 7.95. The van der Waals surface area contributed by atoms with E-state index in [4.69, 9.17) is 0 Å². The summed E-state index contributed by atoms with van der Waals surface area (Å²) in [5.41, 5.74) is 0.987. The molecular formula is C27H30FN5O6. The van der Waals surface area contributed by atoms with Gasteiger partial charge in [0.15, 0.2) is 0 Å². The van der Waals surface area contributed by atoms with Crippen LogP contribution in [0.2, 0.25) is 0 Å². The summed E-state index contributed by atoms with van der Waals surface area (Å²) in [5.74, 6) is -0.961. The van der Waals surface area contributed by atoms with Crippen molar-refractivity contribution in [2.45, 2.75) is 55.6 Å². The van der Waals surface area contributed by atoms with Crippen molar-refractivity contribution in [1.29, 1.82) is 0 Å². The smallest absolute Gasteiger partial charge is 0.404 e. The molecule has 1 aromatic heterocycles. The number of halogens is 1. The van der Waals surface area contributed by atoms with Crippen molar-refractivity contribution in [2.75, 3.05) is 13.1 Å². The maximum Gasteiger partial charge on any atom is 0.404 e. The first-order valence-corrected chi connectivity index (χ1v) is 12.8. The molecular weight excluding hydrogens is 509 g/mol. The molecule has 3 unspecified atom stereocenters. The van der Waals surface area contributed by atoms with Gasteiger partial charge in [-0.3, -0.25) is 14.6 Å². The molecule has 4 amide bonds. The maximum absolute atomic E-state index is 13.6. The van der Waals surface area contributed by atoms with Gasteiger partial charge in [0.25, 0.3) is 5.91 Å². The molecule has 3 saturated carbocycles. The van der Waals surface area contributed by atoms with E-state index in [1.807, 2.05) is 0 Å². The minimum atomic E-state index is -1.26. The van der Waals surface area contributed by atoms with Crippen molar-refractivity contribution >= 4 is 24.0 Å². The van der Waals surface area contributed by atoms with Gasteiger partial charge in [-0.25, -0.2) is 14.0 Å². The molecule has 4 fully saturated rings. The van der Waals surface area contributed by atoms with Gasteiger partial charge in [-0.2, -0.15) is 0 Å². The Bertz CT molecular complexity index is 1230. The molecule has 39 heavy (non-hydrogen) atoms. The van der Waals surface area contributed by atoms with E-state index in [9.17, 15) is 33.8 Å². The summed E-state index contributed by atoms with van der Waals surface area (Å²) in [4.78, 5) is 54.5. The molecule has 2 heterocycles. The van der Waals surface area contributed by atoms with Crippen molar-refractivity contribution in [3.8, 4) is 0 Å². The molecule has 2 bridgehead atoms. The second kappa shape index (κ2) is 10.2. The Labute approximate surface area is 223 Å². The number of pyridine rings is 1. The minimum absolute atomic E-state index is 0.0227. The first-order chi connectivity index (χ1) is 18.6. The van der Waals surface area contributed by atoms with Gasteiger partial charge >= 0.3 is 12.2 Å². The van der Waals surface area contributed by atoms with Gasteiger partial charge in [-0.05, 0) is 66.3 Å². The lowest BCUT2D eigenvalue weighted by Crippen LogP contribution is -2.72. The summed E-state index contributed by atoms with van der Waals surface area (Å²) in [5, 5.41) is 26.1. The first kappa shape index (κ1) is 26.4. The highest BCUT2D eigenvalue weighted by atomic mass is 19.1. The van der Waals surface area contributed by atoms with Crippen LogP contribution in [0, 0.1) is 11.2 Å². The number of aromatic nitrogens is 1. The fourth-order valence-corrected chi connectivity index (χ4v) is 6.67. The van der Waals surface area contributed by atoms with E-state index < -0.39 is 30.3 Å². The van der Waals surface area contributed by atoms with Gasteiger partial charge < -0.3 is 31.1 Å². The van der Waals surface area contributed by atoms with Gasteiger partial charge in [-0.1, -0.05) is 12.1 Å². The molecule has 4 aliphatic rings. The summed E-state index contributed by atoms with van der Waals surface area (Å²) in [6.07, 6.45) is 2.90. The molecule has 3 atom stereocenters. The van der Waals surface area contributed by atoms with Gasteiger partial charge in [0.1, 0.15) is 5.82 Å². The SMILES string of the molecule is O=C(O)NC1CC(NC(=O)O)CN(C(=O)CC(NC(=O)c2cccnc2)C23CC(c4ccc(F)cc4)(C2)C3)C1. The van der Waals surface area contributed by atoms with E-state index in [0.29, 0.717) is 5.56 Å². The third-order valence-electron chi connectivity index (χ3n) is 8.33. The summed E-state index contributed by atoms with van der Waals surface area (Å²) in [7, 11) is 0. The standard InChI is InChI=1S/C27H30FN5O6/c28-18-5-3-17(4-6-18)26-13-27(14-26,15-26)21(32-23(35)16-2-1-7-29-10-16)9-22(34)33-11-19(30-24(36)37)8-20(12-33)31-25(38)39/h1-7,10,19-21,30-31H,8-9,11-15H2,(H,32,35)(H,36,37)(H,38,39). The Balaban J connectivity index is 1.32. The zero-order valence-electron chi connectivity index (χ0n) is 21.1. The topological polar surface area (TPSA) is 161 Å². The van der Waals surface area contributed by atoms with Crippen molar-refractivity contribution in [3.05, 3.63) is 65.7 Å². The number of rotatable bonds is 8. The van der Waals surface area contributed by atoms with Crippen molar-refractivity contribution < 1.29 is 33.8 Å². The van der Waals surface area contributed by atoms with Crippen molar-refractivity contribution in [1.82, 2.24) is 25.8 Å². The van der Waals surface area contributed by atoms with Crippen LogP contribution in [-0.2, 0) is 10.2 Å². The van der Waals surface area contributed by atoms with E-state index in [2.05, 4.69) is 20.9 Å². The predicted molar refractivity (Wildman–Crippen MR) is 136 cm³/mol. The zero-order valence-corrected chi connectivity index (χ0v) is 21.1. The van der Waals surface area contributed by atoms with Crippen LogP contribution in [0.1, 0.15) is 48.0 Å². The average Bonchev–Trinajstić information content (AvgIpc) is 2.83. The Morgan fingerprint density at radius 3 is 2.15 bits per heavy atom. The molecule has 6 rings (SSSR count). The van der Waals surface area contributed by atoms with Crippen LogP contribution in [0.3, 0.4) is 0 Å². The summed E-state index contributed by atoms with van der Waals surface area (Å²) >= 11 is 0. The highest BCUT2D eigenvalue weighted by Gasteiger charge is 2.71. The van der Waals surface area contributed by atoms with Crippen molar-refractivity contribution in [2.24, 2.45) is 5.41 Å². The van der Waals surface area contributed by atoms with E-state index >= 15 is 0 Å². The zero-order chi connectivity index (χ0) is 27.8. The van der Waals surface area contributed by atoms with Crippen LogP contribution >= 0.6 is 0 Å². The van der Waals surface area contributed by atoms with Gasteiger partial charge in [0.05, 0.1) is 17.6 Å². The monoisotopic (exact) mass is 539 g/mol. The third-order valence-corrected chi connectivity index (χ3v) is 8.33. The van der Waals surface area contributed by atoms with Crippen LogP contribution in [0.5, 0.6) is 0 Å². The minimum Gasteiger partial charge on any atom is -0.465 e. The van der Waals surface area contributed by atoms with E-state index in [1.54, 1.807) is 30.5 Å². The van der Waals surface area contributed by atoms with Crippen LogP contribution in [0.4, 0.5) is 14.0 Å². The van der Waals surface area contributed by atoms with Crippen LogP contribution in [0.15, 0.2) is 48.8 Å². The average molecular weight is 540 g/mol. The first-order valence-electron chi connectivity index (χ1n) is 12.8. The highest BCUT2D eigenvalue weighted by molar-refractivity contribution is 5.94. The number of carboxylic acid groups (broad SMARTS) is 2. The number of amides is 4. The number of hydrogen-bond donors (Lipinski definition) is 5. The lowest BCUT2D eigenvalue weighted by molar-refractivity contribution is -0.169. The van der Waals surface area contributed by atoms with E-state index in [1.165, 1.54) is 23.2 Å². The Morgan fingerprint density at radius 2 is 1.62 bits per heavy atom. The second-order valence-electron chi connectivity index (χ2n) is 11.0. The van der Waals surface area contributed by atoms with E-state index in [0.717, 1.165) is 24.8 Å². The highest BCUT2D eigenvalue weighted by Crippen LogP contribution is 2.75. The Kier molecular flexibility index (Phi) is 6.87. The number of likely N-dealkylation sites (tertiary alicyclic amines) is 1. The normalized spacial score (nSPS) is 27.8. The molecule has 1 saturated heterocycles. The molecule has 5 N–H and O–H groups in total. The van der Waals surface area contributed by atoms with Gasteiger partial charge in [0.2, 0.25) is 5.91 Å². The molecule has 11 nitrogen and oxygen atoms in total. The van der Waals surface area contributed by atoms with Crippen LogP contribution in [0.25, 0.3) is 0 Å². The molecule has 3 aliphatic carbocycles. The molecule has 1 aliphatic heterocycles. The second-order valence-corrected chi connectivity index (χ2v) is 11.0. The predicted octanol–water partition coefficient (Wildman–Crippen LogP) is 2.34. The van der Waals surface area contributed by atoms with Crippen LogP contribution in [-0.4, -0.2) is 75.3 Å². The van der Waals surface area contributed by atoms with Gasteiger partial charge in [0, 0.05) is 37.9 Å². The molecule has 12 heteroatoms. The van der Waals surface area contributed by atoms with Crippen molar-refractivity contribution in [3.63, 3.8) is 0 Å². The number of nitrogens with zero attached hydrogens (tertiary/aromatic N) is 2. The largest absolute Gasteiger partial charge is 0.465 e. The fourth-order valence-electron chi connectivity index (χ4n) is 6.67. The Hall–Kier alpha value is -4.22. The summed E-state index contributed by atoms with van der Waals surface area (Å²) in [6.45, 7) is 0.192. The number of nitrogens with one attached hydrogen (secondary N) is 3. The molecule has 206 valence electrons. The molecule has 0 spiro atoms. The van der Waals surface area contributed by atoms with E-state index in [-0.39, 0.29) is 54.4 Å². The molecule has 1 aromatic carbocycles. The quantitative estimate of drug-likeness (QED) is 0.344. The number of carbonyl (C=O) groups is 4. The number of benzene rings is 1. The Morgan fingerprint density at radius 1 is 1.00 bits per heavy atom. The summed E-state index contributed by atoms with van der Waals surface area (Å²) < 4.78 is 13.5. The molecule has 2 aromatic rings. The third kappa shape index (κ3) is 5.36. The lowest BCUT2D eigenvalue weighted by atomic mass is 9.31. The fraction of sp³-hybridized carbons (Fsp3) is 0.444.